The van der Waals surface area contributed by atoms with Gasteiger partial charge in [0.2, 0.25) is 11.8 Å². The minimum Gasteiger partial charge on any atom is -0.376 e. The van der Waals surface area contributed by atoms with E-state index in [1.807, 2.05) is 35.2 Å². The van der Waals surface area contributed by atoms with Crippen molar-refractivity contribution in [2.24, 2.45) is 0 Å². The lowest BCUT2D eigenvalue weighted by molar-refractivity contribution is -0.134. The van der Waals surface area contributed by atoms with E-state index in [9.17, 15) is 9.59 Å². The van der Waals surface area contributed by atoms with Crippen LogP contribution >= 0.6 is 0 Å². The number of rotatable bonds is 5. The highest BCUT2D eigenvalue weighted by molar-refractivity contribution is 5.89. The van der Waals surface area contributed by atoms with E-state index in [1.54, 1.807) is 6.92 Å². The molecule has 1 atom stereocenters. The van der Waals surface area contributed by atoms with Gasteiger partial charge in [-0.15, -0.1) is 0 Å². The number of carbonyl (C=O) groups is 2. The molecule has 1 unspecified atom stereocenters. The van der Waals surface area contributed by atoms with Crippen molar-refractivity contribution in [3.8, 4) is 0 Å². The number of nitrogens with zero attached hydrogens (tertiary/aromatic N) is 1. The van der Waals surface area contributed by atoms with Crippen molar-refractivity contribution in [2.75, 3.05) is 25.0 Å². The Morgan fingerprint density at radius 2 is 1.85 bits per heavy atom. The molecule has 20 heavy (non-hydrogen) atoms. The van der Waals surface area contributed by atoms with Crippen molar-refractivity contribution in [2.45, 2.75) is 25.8 Å². The molecule has 1 saturated heterocycles. The zero-order valence-electron chi connectivity index (χ0n) is 11.8. The van der Waals surface area contributed by atoms with Crippen molar-refractivity contribution in [1.29, 1.82) is 0 Å². The van der Waals surface area contributed by atoms with Crippen LogP contribution in [0.1, 0.15) is 19.8 Å². The standard InChI is InChI=1S/C15H21N3O2/c1-12(15(20)18-9-5-6-10-18)17-14(19)11-16-13-7-3-2-4-8-13/h2-4,7-8,12,16H,5-6,9-11H2,1H3,(H,17,19). The van der Waals surface area contributed by atoms with Crippen LogP contribution in [0.5, 0.6) is 0 Å². The first-order valence-corrected chi connectivity index (χ1v) is 7.04. The molecule has 108 valence electrons. The van der Waals surface area contributed by atoms with Crippen molar-refractivity contribution < 1.29 is 9.59 Å². The van der Waals surface area contributed by atoms with Gasteiger partial charge in [-0.3, -0.25) is 9.59 Å². The quantitative estimate of drug-likeness (QED) is 0.849. The van der Waals surface area contributed by atoms with Gasteiger partial charge in [-0.1, -0.05) is 18.2 Å². The van der Waals surface area contributed by atoms with E-state index in [4.69, 9.17) is 0 Å². The highest BCUT2D eigenvalue weighted by Crippen LogP contribution is 2.09. The number of carbonyl (C=O) groups excluding carboxylic acids is 2. The predicted molar refractivity (Wildman–Crippen MR) is 78.4 cm³/mol. The number of hydrogen-bond acceptors (Lipinski definition) is 3. The fourth-order valence-corrected chi connectivity index (χ4v) is 2.30. The number of amides is 2. The van der Waals surface area contributed by atoms with Crippen molar-refractivity contribution in [3.63, 3.8) is 0 Å². The van der Waals surface area contributed by atoms with Crippen LogP contribution in [0.15, 0.2) is 30.3 Å². The normalized spacial score (nSPS) is 15.8. The average molecular weight is 275 g/mol. The van der Waals surface area contributed by atoms with E-state index < -0.39 is 6.04 Å². The molecule has 0 saturated carbocycles. The summed E-state index contributed by atoms with van der Waals surface area (Å²) in [6.07, 6.45) is 2.12. The second kappa shape index (κ2) is 6.93. The van der Waals surface area contributed by atoms with Crippen LogP contribution in [0, 0.1) is 0 Å². The van der Waals surface area contributed by atoms with E-state index in [0.717, 1.165) is 31.6 Å². The Balaban J connectivity index is 1.74. The molecule has 1 aromatic carbocycles. The number of anilines is 1. The highest BCUT2D eigenvalue weighted by Gasteiger charge is 2.24. The number of nitrogens with one attached hydrogen (secondary N) is 2. The van der Waals surface area contributed by atoms with Crippen LogP contribution in [0.25, 0.3) is 0 Å². The molecule has 0 radical (unpaired) electrons. The minimum atomic E-state index is -0.460. The van der Waals surface area contributed by atoms with Crippen LogP contribution in [0.3, 0.4) is 0 Å². The van der Waals surface area contributed by atoms with Crippen molar-refractivity contribution in [1.82, 2.24) is 10.2 Å². The van der Waals surface area contributed by atoms with E-state index >= 15 is 0 Å². The maximum atomic E-state index is 12.0. The molecule has 2 rings (SSSR count). The number of likely N-dealkylation sites (tertiary alicyclic amines) is 1. The van der Waals surface area contributed by atoms with E-state index in [1.165, 1.54) is 0 Å². The van der Waals surface area contributed by atoms with Crippen LogP contribution in [-0.4, -0.2) is 42.4 Å². The maximum Gasteiger partial charge on any atom is 0.244 e. The van der Waals surface area contributed by atoms with Gasteiger partial charge < -0.3 is 15.5 Å². The summed E-state index contributed by atoms with van der Waals surface area (Å²) in [4.78, 5) is 25.7. The molecule has 0 aliphatic carbocycles. The third-order valence-electron chi connectivity index (χ3n) is 3.39. The lowest BCUT2D eigenvalue weighted by Crippen LogP contribution is -2.47. The third-order valence-corrected chi connectivity index (χ3v) is 3.39. The largest absolute Gasteiger partial charge is 0.376 e. The number of benzene rings is 1. The second-order valence-electron chi connectivity index (χ2n) is 5.04. The third kappa shape index (κ3) is 3.98. The molecule has 2 N–H and O–H groups in total. The molecule has 1 aliphatic rings. The van der Waals surface area contributed by atoms with Gasteiger partial charge in [-0.25, -0.2) is 0 Å². The lowest BCUT2D eigenvalue weighted by atomic mass is 10.3. The summed E-state index contributed by atoms with van der Waals surface area (Å²) in [5, 5.41) is 5.76. The zero-order chi connectivity index (χ0) is 14.4. The summed E-state index contributed by atoms with van der Waals surface area (Å²) < 4.78 is 0. The Morgan fingerprint density at radius 1 is 1.20 bits per heavy atom. The van der Waals surface area contributed by atoms with Gasteiger partial charge in [-0.2, -0.15) is 0 Å². The second-order valence-corrected chi connectivity index (χ2v) is 5.04. The van der Waals surface area contributed by atoms with Crippen LogP contribution < -0.4 is 10.6 Å². The molecule has 0 spiro atoms. The van der Waals surface area contributed by atoms with Crippen LogP contribution in [-0.2, 0) is 9.59 Å². The summed E-state index contributed by atoms with van der Waals surface area (Å²) in [6, 6.07) is 9.05. The molecule has 1 aliphatic heterocycles. The van der Waals surface area contributed by atoms with Gasteiger partial charge in [0.15, 0.2) is 0 Å². The summed E-state index contributed by atoms with van der Waals surface area (Å²) in [7, 11) is 0. The van der Waals surface area contributed by atoms with E-state index in [0.29, 0.717) is 0 Å². The molecule has 0 bridgehead atoms. The summed E-state index contributed by atoms with van der Waals surface area (Å²) in [6.45, 7) is 3.52. The minimum absolute atomic E-state index is 0.00978. The van der Waals surface area contributed by atoms with E-state index in [2.05, 4.69) is 10.6 Å². The smallest absolute Gasteiger partial charge is 0.244 e. The van der Waals surface area contributed by atoms with Gasteiger partial charge in [0.1, 0.15) is 6.04 Å². The summed E-state index contributed by atoms with van der Waals surface area (Å²) >= 11 is 0. The summed E-state index contributed by atoms with van der Waals surface area (Å²) in [5.74, 6) is -0.163. The molecule has 1 aromatic rings. The van der Waals surface area contributed by atoms with Crippen molar-refractivity contribution in [3.05, 3.63) is 30.3 Å². The van der Waals surface area contributed by atoms with E-state index in [-0.39, 0.29) is 18.4 Å². The Kier molecular flexibility index (Phi) is 4.98. The lowest BCUT2D eigenvalue weighted by Gasteiger charge is -2.21. The molecule has 5 heteroatoms. The molecular weight excluding hydrogens is 254 g/mol. The Morgan fingerprint density at radius 3 is 2.50 bits per heavy atom. The zero-order valence-corrected chi connectivity index (χ0v) is 11.8. The fourth-order valence-electron chi connectivity index (χ4n) is 2.30. The topological polar surface area (TPSA) is 61.4 Å². The Labute approximate surface area is 119 Å². The predicted octanol–water partition coefficient (Wildman–Crippen LogP) is 1.23. The molecule has 0 aromatic heterocycles. The van der Waals surface area contributed by atoms with Gasteiger partial charge >= 0.3 is 0 Å². The molecule has 2 amide bonds. The van der Waals surface area contributed by atoms with Crippen LogP contribution in [0.2, 0.25) is 0 Å². The monoisotopic (exact) mass is 275 g/mol. The van der Waals surface area contributed by atoms with Crippen molar-refractivity contribution >= 4 is 17.5 Å². The SMILES string of the molecule is CC(NC(=O)CNc1ccccc1)C(=O)N1CCCC1. The van der Waals surface area contributed by atoms with Gasteiger partial charge in [0, 0.05) is 18.8 Å². The Hall–Kier alpha value is -2.04. The average Bonchev–Trinajstić information content (AvgIpc) is 2.99. The first kappa shape index (κ1) is 14.4. The first-order valence-electron chi connectivity index (χ1n) is 7.04. The summed E-state index contributed by atoms with van der Waals surface area (Å²) in [5.41, 5.74) is 0.890. The molecule has 5 nitrogen and oxygen atoms in total. The van der Waals surface area contributed by atoms with Crippen LogP contribution in [0.4, 0.5) is 5.69 Å². The van der Waals surface area contributed by atoms with Gasteiger partial charge in [-0.05, 0) is 31.9 Å². The first-order chi connectivity index (χ1) is 9.66. The molecule has 1 heterocycles. The maximum absolute atomic E-state index is 12.0. The molecular formula is C15H21N3O2. The Bertz CT molecular complexity index is 455. The van der Waals surface area contributed by atoms with Gasteiger partial charge in [0.05, 0.1) is 6.54 Å². The number of hydrogen-bond donors (Lipinski definition) is 2. The van der Waals surface area contributed by atoms with Gasteiger partial charge in [0.25, 0.3) is 0 Å². The highest BCUT2D eigenvalue weighted by atomic mass is 16.2. The molecule has 1 fully saturated rings. The fraction of sp³-hybridized carbons (Fsp3) is 0.467. The number of para-hydroxylation sites is 1.